The molecule has 0 radical (unpaired) electrons. The summed E-state index contributed by atoms with van der Waals surface area (Å²) >= 11 is 0. The van der Waals surface area contributed by atoms with Crippen LogP contribution < -0.4 is 10.9 Å². The Kier molecular flexibility index (Phi) is 2.06. The maximum Gasteiger partial charge on any atom is 0.266 e. The Balaban J connectivity index is 2.27. The Morgan fingerprint density at radius 2 is 2.00 bits per heavy atom. The molecule has 1 aromatic carbocycles. The van der Waals surface area contributed by atoms with Crippen LogP contribution in [0.2, 0.25) is 0 Å². The van der Waals surface area contributed by atoms with E-state index in [1.54, 1.807) is 18.2 Å². The fourth-order valence-electron chi connectivity index (χ4n) is 1.11. The molecule has 2 aromatic rings. The van der Waals surface area contributed by atoms with Gasteiger partial charge in [0.15, 0.2) is 0 Å². The van der Waals surface area contributed by atoms with Gasteiger partial charge in [0.05, 0.1) is 5.69 Å². The summed E-state index contributed by atoms with van der Waals surface area (Å²) in [6.45, 7) is 0. The van der Waals surface area contributed by atoms with E-state index in [-0.39, 0.29) is 11.4 Å². The molecule has 0 spiro atoms. The zero-order chi connectivity index (χ0) is 9.97. The second kappa shape index (κ2) is 3.37. The SMILES string of the molecule is O=c1cc(Nc2ccccc2F)[nH][nH]1. The molecule has 5 heteroatoms. The number of para-hydroxylation sites is 1. The number of halogens is 1. The van der Waals surface area contributed by atoms with Gasteiger partial charge in [-0.1, -0.05) is 12.1 Å². The van der Waals surface area contributed by atoms with Gasteiger partial charge in [-0.05, 0) is 12.1 Å². The lowest BCUT2D eigenvalue weighted by Crippen LogP contribution is -1.94. The summed E-state index contributed by atoms with van der Waals surface area (Å²) in [7, 11) is 0. The largest absolute Gasteiger partial charge is 0.338 e. The van der Waals surface area contributed by atoms with E-state index in [1.165, 1.54) is 12.1 Å². The standard InChI is InChI=1S/C9H8FN3O/c10-6-3-1-2-4-7(6)11-8-5-9(14)13-12-8/h1-5H,(H3,11,12,13,14). The van der Waals surface area contributed by atoms with Crippen LogP contribution in [0.4, 0.5) is 15.9 Å². The molecule has 4 nitrogen and oxygen atoms in total. The van der Waals surface area contributed by atoms with Crippen molar-refractivity contribution in [3.63, 3.8) is 0 Å². The number of H-pyrrole nitrogens is 2. The summed E-state index contributed by atoms with van der Waals surface area (Å²) in [5.74, 6) is 0.0645. The van der Waals surface area contributed by atoms with E-state index in [0.717, 1.165) is 0 Å². The Labute approximate surface area is 78.8 Å². The number of aromatic amines is 2. The highest BCUT2D eigenvalue weighted by Gasteiger charge is 2.01. The normalized spacial score (nSPS) is 10.1. The van der Waals surface area contributed by atoms with Gasteiger partial charge in [0, 0.05) is 6.07 Å². The van der Waals surface area contributed by atoms with Gasteiger partial charge in [0.1, 0.15) is 11.6 Å². The highest BCUT2D eigenvalue weighted by Crippen LogP contribution is 2.16. The minimum Gasteiger partial charge on any atom is -0.338 e. The molecular formula is C9H8FN3O. The van der Waals surface area contributed by atoms with E-state index in [4.69, 9.17) is 0 Å². The number of nitrogens with one attached hydrogen (secondary N) is 3. The van der Waals surface area contributed by atoms with Crippen LogP contribution in [0.1, 0.15) is 0 Å². The zero-order valence-electron chi connectivity index (χ0n) is 7.17. The van der Waals surface area contributed by atoms with Crippen LogP contribution in [0.15, 0.2) is 35.1 Å². The Morgan fingerprint density at radius 3 is 2.64 bits per heavy atom. The predicted octanol–water partition coefficient (Wildman–Crippen LogP) is 1.59. The summed E-state index contributed by atoms with van der Waals surface area (Å²) in [5, 5.41) is 7.64. The van der Waals surface area contributed by atoms with Crippen molar-refractivity contribution < 1.29 is 4.39 Å². The van der Waals surface area contributed by atoms with Crippen LogP contribution in [0.5, 0.6) is 0 Å². The van der Waals surface area contributed by atoms with Crippen molar-refractivity contribution in [2.75, 3.05) is 5.32 Å². The van der Waals surface area contributed by atoms with Gasteiger partial charge in [-0.25, -0.2) is 4.39 Å². The first-order valence-corrected chi connectivity index (χ1v) is 4.05. The Bertz CT molecular complexity index is 489. The molecule has 2 rings (SSSR count). The summed E-state index contributed by atoms with van der Waals surface area (Å²) in [6, 6.07) is 7.54. The molecule has 72 valence electrons. The molecule has 0 unspecified atom stereocenters. The second-order valence-electron chi connectivity index (χ2n) is 2.78. The molecule has 0 aliphatic carbocycles. The monoisotopic (exact) mass is 193 g/mol. The lowest BCUT2D eigenvalue weighted by atomic mass is 10.3. The lowest BCUT2D eigenvalue weighted by molar-refractivity contribution is 0.632. The van der Waals surface area contributed by atoms with Gasteiger partial charge in [-0.2, -0.15) is 0 Å². The van der Waals surface area contributed by atoms with Gasteiger partial charge in [-0.15, -0.1) is 0 Å². The summed E-state index contributed by atoms with van der Waals surface area (Å²) in [4.78, 5) is 10.7. The van der Waals surface area contributed by atoms with E-state index in [1.807, 2.05) is 0 Å². The first kappa shape index (κ1) is 8.55. The molecule has 3 N–H and O–H groups in total. The summed E-state index contributed by atoms with van der Waals surface area (Å²) < 4.78 is 13.1. The highest BCUT2D eigenvalue weighted by atomic mass is 19.1. The third-order valence-corrected chi connectivity index (χ3v) is 1.74. The average Bonchev–Trinajstić information content (AvgIpc) is 2.56. The minimum atomic E-state index is -0.366. The van der Waals surface area contributed by atoms with E-state index in [2.05, 4.69) is 15.5 Å². The van der Waals surface area contributed by atoms with Crippen LogP contribution >= 0.6 is 0 Å². The van der Waals surface area contributed by atoms with E-state index in [0.29, 0.717) is 11.5 Å². The minimum absolute atomic E-state index is 0.260. The zero-order valence-corrected chi connectivity index (χ0v) is 7.17. The van der Waals surface area contributed by atoms with E-state index >= 15 is 0 Å². The molecule has 1 heterocycles. The molecular weight excluding hydrogens is 185 g/mol. The molecule has 0 fully saturated rings. The first-order valence-electron chi connectivity index (χ1n) is 4.05. The van der Waals surface area contributed by atoms with Crippen molar-refractivity contribution in [1.82, 2.24) is 10.2 Å². The molecule has 0 saturated carbocycles. The predicted molar refractivity (Wildman–Crippen MR) is 51.1 cm³/mol. The highest BCUT2D eigenvalue weighted by molar-refractivity contribution is 5.55. The molecule has 0 bridgehead atoms. The molecule has 14 heavy (non-hydrogen) atoms. The fourth-order valence-corrected chi connectivity index (χ4v) is 1.11. The number of hydrogen-bond acceptors (Lipinski definition) is 2. The smallest absolute Gasteiger partial charge is 0.266 e. The van der Waals surface area contributed by atoms with Crippen LogP contribution in [0.3, 0.4) is 0 Å². The topological polar surface area (TPSA) is 60.7 Å². The average molecular weight is 193 g/mol. The maximum absolute atomic E-state index is 13.1. The van der Waals surface area contributed by atoms with Crippen molar-refractivity contribution in [2.45, 2.75) is 0 Å². The number of aromatic nitrogens is 2. The van der Waals surface area contributed by atoms with Gasteiger partial charge in [0.2, 0.25) is 0 Å². The fraction of sp³-hybridized carbons (Fsp3) is 0. The molecule has 1 aromatic heterocycles. The van der Waals surface area contributed by atoms with Crippen LogP contribution in [0.25, 0.3) is 0 Å². The first-order chi connectivity index (χ1) is 6.75. The lowest BCUT2D eigenvalue weighted by Gasteiger charge is -2.03. The van der Waals surface area contributed by atoms with Crippen molar-refractivity contribution in [2.24, 2.45) is 0 Å². The van der Waals surface area contributed by atoms with Gasteiger partial charge in [-0.3, -0.25) is 15.0 Å². The number of benzene rings is 1. The molecule has 0 aliphatic heterocycles. The molecule has 0 aliphatic rings. The van der Waals surface area contributed by atoms with Crippen molar-refractivity contribution in [3.8, 4) is 0 Å². The second-order valence-corrected chi connectivity index (χ2v) is 2.78. The van der Waals surface area contributed by atoms with Crippen LogP contribution in [-0.4, -0.2) is 10.2 Å². The number of anilines is 2. The van der Waals surface area contributed by atoms with Crippen molar-refractivity contribution in [3.05, 3.63) is 46.5 Å². The number of rotatable bonds is 2. The van der Waals surface area contributed by atoms with Gasteiger partial charge >= 0.3 is 0 Å². The van der Waals surface area contributed by atoms with E-state index < -0.39 is 0 Å². The molecule has 0 saturated heterocycles. The Hall–Kier alpha value is -2.04. The summed E-state index contributed by atoms with van der Waals surface area (Å²) in [6.07, 6.45) is 0. The van der Waals surface area contributed by atoms with Crippen LogP contribution in [-0.2, 0) is 0 Å². The number of hydrogen-bond donors (Lipinski definition) is 3. The Morgan fingerprint density at radius 1 is 1.21 bits per heavy atom. The van der Waals surface area contributed by atoms with E-state index in [9.17, 15) is 9.18 Å². The molecule has 0 amide bonds. The van der Waals surface area contributed by atoms with Gasteiger partial charge in [0.25, 0.3) is 5.56 Å². The third-order valence-electron chi connectivity index (χ3n) is 1.74. The third kappa shape index (κ3) is 1.66. The summed E-state index contributed by atoms with van der Waals surface area (Å²) in [5.41, 5.74) is 0.0617. The van der Waals surface area contributed by atoms with Crippen LogP contribution in [0, 0.1) is 5.82 Å². The quantitative estimate of drug-likeness (QED) is 0.678. The maximum atomic E-state index is 13.1. The van der Waals surface area contributed by atoms with Crippen molar-refractivity contribution in [1.29, 1.82) is 0 Å². The van der Waals surface area contributed by atoms with Gasteiger partial charge < -0.3 is 5.32 Å². The van der Waals surface area contributed by atoms with Crippen molar-refractivity contribution >= 4 is 11.5 Å². The molecule has 0 atom stereocenters.